The molecule has 1 saturated heterocycles. The number of aliphatic hydroxyl groups is 1. The zero-order valence-electron chi connectivity index (χ0n) is 23.5. The van der Waals surface area contributed by atoms with E-state index in [-0.39, 0.29) is 23.2 Å². The Labute approximate surface area is 233 Å². The van der Waals surface area contributed by atoms with Crippen LogP contribution in [-0.4, -0.2) is 44.1 Å². The number of esters is 1. The number of anilines is 1. The maximum absolute atomic E-state index is 13.6. The lowest BCUT2D eigenvalue weighted by Crippen LogP contribution is -2.29. The Hall–Kier alpha value is -4.59. The Bertz CT molecular complexity index is 1480. The van der Waals surface area contributed by atoms with Crippen molar-refractivity contribution in [3.05, 3.63) is 94.6 Å². The number of Topliss-reactive ketones (excluding diaryl/α,β-unsaturated/α-hetero) is 1. The Balaban J connectivity index is 1.93. The molecule has 0 aliphatic carbocycles. The van der Waals surface area contributed by atoms with Crippen molar-refractivity contribution in [2.24, 2.45) is 0 Å². The highest BCUT2D eigenvalue weighted by molar-refractivity contribution is 6.51. The van der Waals surface area contributed by atoms with Crippen LogP contribution in [0, 0.1) is 0 Å². The van der Waals surface area contributed by atoms with E-state index in [4.69, 9.17) is 14.2 Å². The molecule has 1 heterocycles. The van der Waals surface area contributed by atoms with E-state index < -0.39 is 23.7 Å². The van der Waals surface area contributed by atoms with Crippen LogP contribution in [0.5, 0.6) is 11.5 Å². The molecule has 1 fully saturated rings. The van der Waals surface area contributed by atoms with Crippen molar-refractivity contribution >= 4 is 29.1 Å². The number of nitrogens with zero attached hydrogens (tertiary/aromatic N) is 1. The summed E-state index contributed by atoms with van der Waals surface area (Å²) in [6.45, 7) is 6.12. The molecule has 1 N–H and O–H groups in total. The molecule has 208 valence electrons. The quantitative estimate of drug-likeness (QED) is 0.186. The van der Waals surface area contributed by atoms with Crippen molar-refractivity contribution in [1.82, 2.24) is 0 Å². The van der Waals surface area contributed by atoms with E-state index in [0.717, 1.165) is 5.56 Å². The number of hydrogen-bond donors (Lipinski definition) is 1. The van der Waals surface area contributed by atoms with Crippen LogP contribution in [0.15, 0.2) is 72.3 Å². The van der Waals surface area contributed by atoms with Gasteiger partial charge in [0.05, 0.1) is 44.9 Å². The summed E-state index contributed by atoms with van der Waals surface area (Å²) in [5, 5.41) is 11.7. The van der Waals surface area contributed by atoms with Crippen LogP contribution < -0.4 is 14.4 Å². The van der Waals surface area contributed by atoms with Gasteiger partial charge in [-0.15, -0.1) is 0 Å². The third kappa shape index (κ3) is 5.43. The largest absolute Gasteiger partial charge is 0.507 e. The number of rotatable bonds is 7. The van der Waals surface area contributed by atoms with Gasteiger partial charge < -0.3 is 19.3 Å². The second-order valence-electron chi connectivity index (χ2n) is 10.5. The average molecular weight is 544 g/mol. The van der Waals surface area contributed by atoms with Crippen LogP contribution in [0.25, 0.3) is 5.76 Å². The number of ketones is 1. The average Bonchev–Trinajstić information content (AvgIpc) is 3.22. The van der Waals surface area contributed by atoms with Crippen LogP contribution in [-0.2, 0) is 31.0 Å². The highest BCUT2D eigenvalue weighted by atomic mass is 16.5. The van der Waals surface area contributed by atoms with Crippen molar-refractivity contribution in [3.63, 3.8) is 0 Å². The minimum atomic E-state index is -0.954. The fourth-order valence-electron chi connectivity index (χ4n) is 4.74. The number of benzene rings is 3. The predicted octanol–water partition coefficient (Wildman–Crippen LogP) is 5.34. The van der Waals surface area contributed by atoms with Gasteiger partial charge in [-0.05, 0) is 58.5 Å². The number of amides is 1. The number of hydrogen-bond acceptors (Lipinski definition) is 7. The summed E-state index contributed by atoms with van der Waals surface area (Å²) in [6, 6.07) is 18.2. The Kier molecular flexibility index (Phi) is 8.00. The summed E-state index contributed by atoms with van der Waals surface area (Å²) in [5.41, 5.74) is 2.61. The van der Waals surface area contributed by atoms with E-state index in [1.165, 1.54) is 26.2 Å². The molecule has 0 spiro atoms. The number of aliphatic hydroxyl groups excluding tert-OH is 1. The lowest BCUT2D eigenvalue weighted by Gasteiger charge is -2.26. The number of methoxy groups -OCH3 is 3. The zero-order chi connectivity index (χ0) is 29.2. The van der Waals surface area contributed by atoms with Crippen molar-refractivity contribution < 1.29 is 33.7 Å². The zero-order valence-corrected chi connectivity index (χ0v) is 23.5. The molecule has 4 rings (SSSR count). The van der Waals surface area contributed by atoms with Gasteiger partial charge in [-0.1, -0.05) is 51.1 Å². The first kappa shape index (κ1) is 28.4. The minimum absolute atomic E-state index is 0.0683. The number of carbonyl (C=O) groups is 3. The third-order valence-corrected chi connectivity index (χ3v) is 6.97. The topological polar surface area (TPSA) is 102 Å². The van der Waals surface area contributed by atoms with E-state index in [0.29, 0.717) is 33.9 Å². The SMILES string of the molecule is COC(=O)Cc1ccc(N2C(=O)C(=O)/C(=C(/O)c3cc(C(C)(C)C)ccc3OC)C2c2cccc(OC)c2)cc1. The molecule has 0 bridgehead atoms. The van der Waals surface area contributed by atoms with Gasteiger partial charge >= 0.3 is 5.97 Å². The molecule has 3 aromatic carbocycles. The molecular formula is C32H33NO7. The highest BCUT2D eigenvalue weighted by Crippen LogP contribution is 2.44. The molecule has 0 aromatic heterocycles. The fourth-order valence-corrected chi connectivity index (χ4v) is 4.74. The highest BCUT2D eigenvalue weighted by Gasteiger charge is 2.47. The standard InChI is InChI=1S/C32H33NO7/c1-32(2,3)21-12-15-25(39-5)24(18-21)29(35)27-28(20-8-7-9-23(17-20)38-4)33(31(37)30(27)36)22-13-10-19(11-14-22)16-26(34)40-6/h7-15,17-18,28,35H,16H2,1-6H3/b29-27+. The molecular weight excluding hydrogens is 510 g/mol. The van der Waals surface area contributed by atoms with Crippen LogP contribution in [0.2, 0.25) is 0 Å². The molecule has 1 aliphatic rings. The van der Waals surface area contributed by atoms with Crippen molar-refractivity contribution in [3.8, 4) is 11.5 Å². The first-order valence-electron chi connectivity index (χ1n) is 12.8. The smallest absolute Gasteiger partial charge is 0.309 e. The van der Waals surface area contributed by atoms with Gasteiger partial charge in [0, 0.05) is 5.69 Å². The Morgan fingerprint density at radius 3 is 2.23 bits per heavy atom. The van der Waals surface area contributed by atoms with Gasteiger partial charge in [-0.2, -0.15) is 0 Å². The number of ether oxygens (including phenoxy) is 3. The normalized spacial score (nSPS) is 16.6. The van der Waals surface area contributed by atoms with Gasteiger partial charge in [0.25, 0.3) is 11.7 Å². The van der Waals surface area contributed by atoms with E-state index in [1.54, 1.807) is 60.7 Å². The van der Waals surface area contributed by atoms with Crippen molar-refractivity contribution in [2.45, 2.75) is 38.6 Å². The summed E-state index contributed by atoms with van der Waals surface area (Å²) in [7, 11) is 4.33. The van der Waals surface area contributed by atoms with E-state index in [9.17, 15) is 19.5 Å². The fraction of sp³-hybridized carbons (Fsp3) is 0.281. The predicted molar refractivity (Wildman–Crippen MR) is 152 cm³/mol. The molecule has 1 atom stereocenters. The molecule has 0 saturated carbocycles. The van der Waals surface area contributed by atoms with Crippen molar-refractivity contribution in [1.29, 1.82) is 0 Å². The van der Waals surface area contributed by atoms with Crippen LogP contribution in [0.3, 0.4) is 0 Å². The van der Waals surface area contributed by atoms with Gasteiger partial charge in [0.2, 0.25) is 0 Å². The molecule has 1 aliphatic heterocycles. The molecule has 8 heteroatoms. The molecule has 1 unspecified atom stereocenters. The Morgan fingerprint density at radius 1 is 0.925 bits per heavy atom. The molecule has 8 nitrogen and oxygen atoms in total. The minimum Gasteiger partial charge on any atom is -0.507 e. The van der Waals surface area contributed by atoms with Gasteiger partial charge in [0.1, 0.15) is 17.3 Å². The summed E-state index contributed by atoms with van der Waals surface area (Å²) >= 11 is 0. The lowest BCUT2D eigenvalue weighted by atomic mass is 9.85. The van der Waals surface area contributed by atoms with E-state index in [1.807, 2.05) is 26.8 Å². The molecule has 3 aromatic rings. The molecule has 40 heavy (non-hydrogen) atoms. The van der Waals surface area contributed by atoms with Gasteiger partial charge in [0.15, 0.2) is 0 Å². The van der Waals surface area contributed by atoms with Crippen molar-refractivity contribution in [2.75, 3.05) is 26.2 Å². The Morgan fingerprint density at radius 2 is 1.62 bits per heavy atom. The third-order valence-electron chi connectivity index (χ3n) is 6.97. The van der Waals surface area contributed by atoms with Crippen LogP contribution >= 0.6 is 0 Å². The van der Waals surface area contributed by atoms with Gasteiger partial charge in [-0.25, -0.2) is 0 Å². The molecule has 0 radical (unpaired) electrons. The van der Waals surface area contributed by atoms with Gasteiger partial charge in [-0.3, -0.25) is 19.3 Å². The summed E-state index contributed by atoms with van der Waals surface area (Å²) in [6.07, 6.45) is 0.0683. The first-order chi connectivity index (χ1) is 19.0. The maximum Gasteiger partial charge on any atom is 0.309 e. The van der Waals surface area contributed by atoms with E-state index >= 15 is 0 Å². The molecule has 1 amide bonds. The van der Waals surface area contributed by atoms with E-state index in [2.05, 4.69) is 0 Å². The monoisotopic (exact) mass is 543 g/mol. The van der Waals surface area contributed by atoms with Crippen LogP contribution in [0.1, 0.15) is 49.1 Å². The van der Waals surface area contributed by atoms with Crippen LogP contribution in [0.4, 0.5) is 5.69 Å². The second-order valence-corrected chi connectivity index (χ2v) is 10.5. The maximum atomic E-state index is 13.6. The second kappa shape index (κ2) is 11.3. The summed E-state index contributed by atoms with van der Waals surface area (Å²) in [5.74, 6) is -1.44. The lowest BCUT2D eigenvalue weighted by molar-refractivity contribution is -0.139. The first-order valence-corrected chi connectivity index (χ1v) is 12.8. The summed E-state index contributed by atoms with van der Waals surface area (Å²) in [4.78, 5) is 40.3. The number of carbonyl (C=O) groups excluding carboxylic acids is 3. The summed E-state index contributed by atoms with van der Waals surface area (Å²) < 4.78 is 15.7.